The van der Waals surface area contributed by atoms with Crippen LogP contribution in [0.1, 0.15) is 23.4 Å². The van der Waals surface area contributed by atoms with Crippen LogP contribution in [0.5, 0.6) is 5.75 Å². The Kier molecular flexibility index (Phi) is 4.37. The Morgan fingerprint density at radius 2 is 2.17 bits per heavy atom. The van der Waals surface area contributed by atoms with E-state index in [1.165, 1.54) is 6.07 Å². The van der Waals surface area contributed by atoms with Crippen LogP contribution in [-0.2, 0) is 6.61 Å². The molecule has 2 N–H and O–H groups in total. The lowest BCUT2D eigenvalue weighted by atomic mass is 10.1. The Balaban J connectivity index is 2.05. The highest BCUT2D eigenvalue weighted by atomic mass is 79.9. The molecule has 1 aromatic heterocycles. The highest BCUT2D eigenvalue weighted by Gasteiger charge is 2.08. The molecule has 0 amide bonds. The van der Waals surface area contributed by atoms with E-state index in [1.54, 1.807) is 23.5 Å². The Hall–Kier alpha value is -0.910. The number of thiophene rings is 1. The van der Waals surface area contributed by atoms with Crippen LogP contribution in [0.25, 0.3) is 0 Å². The van der Waals surface area contributed by atoms with Crippen molar-refractivity contribution >= 4 is 27.3 Å². The van der Waals surface area contributed by atoms with Crippen molar-refractivity contribution in [2.45, 2.75) is 19.6 Å². The average Bonchev–Trinajstić information content (AvgIpc) is 2.73. The van der Waals surface area contributed by atoms with Crippen molar-refractivity contribution in [3.8, 4) is 5.75 Å². The summed E-state index contributed by atoms with van der Waals surface area (Å²) >= 11 is 4.94. The first-order valence-corrected chi connectivity index (χ1v) is 7.09. The van der Waals surface area contributed by atoms with E-state index in [1.807, 2.05) is 19.1 Å². The summed E-state index contributed by atoms with van der Waals surface area (Å²) in [4.78, 5) is 1.04. The molecule has 0 saturated carbocycles. The number of hydrogen-bond donors (Lipinski definition) is 1. The van der Waals surface area contributed by atoms with Crippen LogP contribution in [0.4, 0.5) is 4.39 Å². The summed E-state index contributed by atoms with van der Waals surface area (Å²) in [5.74, 6) is -0.121. The Bertz CT molecular complexity index is 542. The van der Waals surface area contributed by atoms with Gasteiger partial charge in [-0.15, -0.1) is 11.3 Å². The zero-order chi connectivity index (χ0) is 13.1. The third kappa shape index (κ3) is 3.31. The van der Waals surface area contributed by atoms with Crippen molar-refractivity contribution in [1.29, 1.82) is 0 Å². The first kappa shape index (κ1) is 13.5. The van der Waals surface area contributed by atoms with Gasteiger partial charge in [-0.05, 0) is 52.7 Å². The smallest absolute Gasteiger partial charge is 0.165 e. The molecule has 0 aliphatic heterocycles. The number of ether oxygens (including phenoxy) is 1. The summed E-state index contributed by atoms with van der Waals surface area (Å²) < 4.78 is 20.2. The van der Waals surface area contributed by atoms with E-state index in [4.69, 9.17) is 10.5 Å². The minimum Gasteiger partial charge on any atom is -0.485 e. The molecule has 96 valence electrons. The zero-order valence-corrected chi connectivity index (χ0v) is 12.2. The maximum atomic E-state index is 13.7. The summed E-state index contributed by atoms with van der Waals surface area (Å²) in [7, 11) is 0. The predicted octanol–water partition coefficient (Wildman–Crippen LogP) is 4.25. The van der Waals surface area contributed by atoms with E-state index in [9.17, 15) is 4.39 Å². The molecule has 0 aliphatic rings. The summed E-state index contributed by atoms with van der Waals surface area (Å²) in [6.45, 7) is 2.18. The third-order valence-electron chi connectivity index (χ3n) is 2.48. The van der Waals surface area contributed by atoms with Gasteiger partial charge in [0.1, 0.15) is 6.61 Å². The molecular weight excluding hydrogens is 317 g/mol. The van der Waals surface area contributed by atoms with Gasteiger partial charge in [-0.3, -0.25) is 0 Å². The van der Waals surface area contributed by atoms with Gasteiger partial charge in [-0.25, -0.2) is 4.39 Å². The SMILES string of the molecule is C[C@@H](N)c1ccc(OCc2ccc(Br)s2)c(F)c1. The highest BCUT2D eigenvalue weighted by Crippen LogP contribution is 2.25. The Morgan fingerprint density at radius 1 is 1.39 bits per heavy atom. The van der Waals surface area contributed by atoms with Crippen molar-refractivity contribution in [2.24, 2.45) is 5.73 Å². The molecule has 0 bridgehead atoms. The van der Waals surface area contributed by atoms with Gasteiger partial charge in [-0.2, -0.15) is 0 Å². The standard InChI is InChI=1S/C13H13BrFNOS/c1-8(16)9-2-4-12(11(15)6-9)17-7-10-3-5-13(14)18-10/h2-6,8H,7,16H2,1H3/t8-/m1/s1. The van der Waals surface area contributed by atoms with E-state index in [-0.39, 0.29) is 17.6 Å². The number of halogens is 2. The fourth-order valence-corrected chi connectivity index (χ4v) is 2.89. The van der Waals surface area contributed by atoms with Gasteiger partial charge in [0.25, 0.3) is 0 Å². The molecule has 0 saturated heterocycles. The molecule has 1 atom stereocenters. The van der Waals surface area contributed by atoms with Crippen LogP contribution in [0.2, 0.25) is 0 Å². The molecule has 0 radical (unpaired) electrons. The van der Waals surface area contributed by atoms with Crippen LogP contribution < -0.4 is 10.5 Å². The third-order valence-corrected chi connectivity index (χ3v) is 4.08. The lowest BCUT2D eigenvalue weighted by molar-refractivity contribution is 0.293. The second kappa shape index (κ2) is 5.82. The van der Waals surface area contributed by atoms with Gasteiger partial charge in [0.15, 0.2) is 11.6 Å². The van der Waals surface area contributed by atoms with Gasteiger partial charge in [0, 0.05) is 10.9 Å². The molecule has 0 aliphatic carbocycles. The van der Waals surface area contributed by atoms with Crippen molar-refractivity contribution in [1.82, 2.24) is 0 Å². The van der Waals surface area contributed by atoms with E-state index in [0.717, 1.165) is 14.2 Å². The second-order valence-corrected chi connectivity index (χ2v) is 6.52. The van der Waals surface area contributed by atoms with Gasteiger partial charge >= 0.3 is 0 Å². The predicted molar refractivity (Wildman–Crippen MR) is 75.4 cm³/mol. The maximum absolute atomic E-state index is 13.7. The van der Waals surface area contributed by atoms with E-state index in [0.29, 0.717) is 6.61 Å². The van der Waals surface area contributed by atoms with E-state index >= 15 is 0 Å². The first-order valence-electron chi connectivity index (χ1n) is 5.48. The van der Waals surface area contributed by atoms with Crippen molar-refractivity contribution in [3.05, 3.63) is 50.4 Å². The van der Waals surface area contributed by atoms with Crippen LogP contribution >= 0.6 is 27.3 Å². The van der Waals surface area contributed by atoms with Crippen LogP contribution in [0, 0.1) is 5.82 Å². The molecule has 1 aromatic carbocycles. The summed E-state index contributed by atoms with van der Waals surface area (Å²) in [6, 6.07) is 8.54. The van der Waals surface area contributed by atoms with E-state index < -0.39 is 0 Å². The fraction of sp³-hybridized carbons (Fsp3) is 0.231. The topological polar surface area (TPSA) is 35.2 Å². The van der Waals surface area contributed by atoms with Crippen molar-refractivity contribution in [3.63, 3.8) is 0 Å². The number of benzene rings is 1. The molecule has 2 nitrogen and oxygen atoms in total. The number of nitrogens with two attached hydrogens (primary N) is 1. The molecule has 0 fully saturated rings. The quantitative estimate of drug-likeness (QED) is 0.910. The second-order valence-electron chi connectivity index (χ2n) is 3.97. The van der Waals surface area contributed by atoms with E-state index in [2.05, 4.69) is 15.9 Å². The molecule has 0 unspecified atom stereocenters. The maximum Gasteiger partial charge on any atom is 0.165 e. The Labute approximate surface area is 118 Å². The van der Waals surface area contributed by atoms with Gasteiger partial charge in [0.2, 0.25) is 0 Å². The Morgan fingerprint density at radius 3 is 2.72 bits per heavy atom. The minimum atomic E-state index is -0.375. The minimum absolute atomic E-state index is 0.179. The van der Waals surface area contributed by atoms with Gasteiger partial charge < -0.3 is 10.5 Å². The summed E-state index contributed by atoms with van der Waals surface area (Å²) in [5, 5.41) is 0. The van der Waals surface area contributed by atoms with Crippen molar-refractivity contribution in [2.75, 3.05) is 0 Å². The monoisotopic (exact) mass is 329 g/mol. The molecule has 1 heterocycles. The molecular formula is C13H13BrFNOS. The number of rotatable bonds is 4. The van der Waals surface area contributed by atoms with Crippen LogP contribution in [0.15, 0.2) is 34.1 Å². The normalized spacial score (nSPS) is 12.4. The summed E-state index contributed by atoms with van der Waals surface area (Å²) in [5.41, 5.74) is 6.45. The lowest BCUT2D eigenvalue weighted by Crippen LogP contribution is -2.05. The molecule has 18 heavy (non-hydrogen) atoms. The zero-order valence-electron chi connectivity index (χ0n) is 9.82. The van der Waals surface area contributed by atoms with Gasteiger partial charge in [-0.1, -0.05) is 6.07 Å². The van der Waals surface area contributed by atoms with Crippen LogP contribution in [-0.4, -0.2) is 0 Å². The van der Waals surface area contributed by atoms with Gasteiger partial charge in [0.05, 0.1) is 3.79 Å². The van der Waals surface area contributed by atoms with Crippen LogP contribution in [0.3, 0.4) is 0 Å². The first-order chi connectivity index (χ1) is 8.56. The summed E-state index contributed by atoms with van der Waals surface area (Å²) in [6.07, 6.45) is 0. The fourth-order valence-electron chi connectivity index (χ4n) is 1.50. The molecule has 0 spiro atoms. The molecule has 2 aromatic rings. The highest BCUT2D eigenvalue weighted by molar-refractivity contribution is 9.11. The van der Waals surface area contributed by atoms with Crippen molar-refractivity contribution < 1.29 is 9.13 Å². The number of hydrogen-bond acceptors (Lipinski definition) is 3. The lowest BCUT2D eigenvalue weighted by Gasteiger charge is -2.09. The molecule has 5 heteroatoms. The molecule has 2 rings (SSSR count). The largest absolute Gasteiger partial charge is 0.485 e. The average molecular weight is 330 g/mol.